The van der Waals surface area contributed by atoms with Crippen LogP contribution in [0.15, 0.2) is 0 Å². The lowest BCUT2D eigenvalue weighted by Crippen LogP contribution is -2.81. The van der Waals surface area contributed by atoms with Gasteiger partial charge in [0.25, 0.3) is 0 Å². The van der Waals surface area contributed by atoms with Crippen LogP contribution < -0.4 is 22.9 Å². The molecule has 18 heteroatoms. The number of aliphatic hydroxyl groups excluding tert-OH is 1. The van der Waals surface area contributed by atoms with E-state index in [1.54, 1.807) is 54.0 Å². The number of ether oxygens (including phenoxy) is 2. The normalized spacial score (nSPS) is 26.3. The maximum Gasteiger partial charge on any atom is 0.189 e. The first-order valence-electron chi connectivity index (χ1n) is 15.5. The smallest absolute Gasteiger partial charge is 0.189 e. The molecule has 6 atom stereocenters. The summed E-state index contributed by atoms with van der Waals surface area (Å²) in [7, 11) is 0. The van der Waals surface area contributed by atoms with Crippen molar-refractivity contribution in [2.45, 2.75) is 93.6 Å². The molecule has 0 saturated carbocycles. The van der Waals surface area contributed by atoms with Gasteiger partial charge in [-0.3, -0.25) is 0 Å². The van der Waals surface area contributed by atoms with Gasteiger partial charge in [0.15, 0.2) is 6.29 Å². The van der Waals surface area contributed by atoms with E-state index in [1.165, 1.54) is 0 Å². The van der Waals surface area contributed by atoms with Crippen LogP contribution in [0.4, 0.5) is 0 Å². The predicted molar refractivity (Wildman–Crippen MR) is 213 cm³/mol. The van der Waals surface area contributed by atoms with Crippen molar-refractivity contribution in [2.75, 3.05) is 78.8 Å². The van der Waals surface area contributed by atoms with Crippen molar-refractivity contribution in [1.29, 1.82) is 0 Å². The molecule has 1 rings (SSSR count). The molecule has 1 saturated heterocycles. The summed E-state index contributed by atoms with van der Waals surface area (Å²) in [5.74, 6) is 5.51. The molecule has 0 aromatic rings. The molecule has 0 spiro atoms. The minimum Gasteiger partial charge on any atom is -0.390 e. The summed E-state index contributed by atoms with van der Waals surface area (Å²) in [6.45, 7) is 4.37. The van der Waals surface area contributed by atoms with E-state index < -0.39 is 35.3 Å². The third-order valence-electron chi connectivity index (χ3n) is 7.62. The van der Waals surface area contributed by atoms with Gasteiger partial charge in [-0.2, -0.15) is 47.0 Å². The van der Waals surface area contributed by atoms with Crippen molar-refractivity contribution in [1.82, 2.24) is 0 Å². The van der Waals surface area contributed by atoms with E-state index in [9.17, 15) is 20.4 Å². The van der Waals surface area contributed by atoms with E-state index in [-0.39, 0.29) is 75.5 Å². The molecule has 1 unspecified atom stereocenters. The van der Waals surface area contributed by atoms with Crippen molar-refractivity contribution in [3.63, 3.8) is 0 Å². The van der Waals surface area contributed by atoms with Crippen LogP contribution in [0.2, 0.25) is 0 Å². The summed E-state index contributed by atoms with van der Waals surface area (Å²) in [5, 5.41) is 49.3. The first-order valence-corrected chi connectivity index (χ1v) is 20.1. The Morgan fingerprint density at radius 3 is 1.43 bits per heavy atom. The maximum absolute atomic E-state index is 12.7. The Hall–Kier alpha value is 2.16. The Morgan fingerprint density at radius 2 is 1.02 bits per heavy atom. The van der Waals surface area contributed by atoms with Gasteiger partial charge in [0.2, 0.25) is 0 Å². The molecule has 1 aliphatic heterocycles. The van der Waals surface area contributed by atoms with Crippen molar-refractivity contribution in [2.24, 2.45) is 22.9 Å². The Morgan fingerprint density at radius 1 is 0.630 bits per heavy atom. The van der Waals surface area contributed by atoms with Crippen molar-refractivity contribution in [3.8, 4) is 0 Å². The third kappa shape index (κ3) is 17.1. The zero-order valence-corrected chi connectivity index (χ0v) is 33.8. The summed E-state index contributed by atoms with van der Waals surface area (Å²) < 4.78 is 12.3. The number of hydrogen-bond donors (Lipinski definition) is 8. The summed E-state index contributed by atoms with van der Waals surface area (Å²) in [4.78, 5) is 0. The van der Waals surface area contributed by atoms with Crippen LogP contribution in [-0.2, 0) is 9.47 Å². The van der Waals surface area contributed by atoms with Crippen molar-refractivity contribution in [3.05, 3.63) is 0 Å². The molecule has 46 heavy (non-hydrogen) atoms. The minimum atomic E-state index is -2.00. The molecule has 0 aromatic carbocycles. The highest BCUT2D eigenvalue weighted by molar-refractivity contribution is 7.99. The summed E-state index contributed by atoms with van der Waals surface area (Å²) in [6, 6.07) is 0. The lowest BCUT2D eigenvalue weighted by Gasteiger charge is -2.62. The Bertz CT molecular complexity index is 701. The van der Waals surface area contributed by atoms with Crippen LogP contribution in [0.5, 0.6) is 0 Å². The predicted octanol–water partition coefficient (Wildman–Crippen LogP) is 2.88. The fraction of sp³-hybridized carbons (Fsp3) is 1.00. The van der Waals surface area contributed by atoms with Gasteiger partial charge in [0.05, 0.1) is 6.10 Å². The van der Waals surface area contributed by atoms with Gasteiger partial charge in [-0.15, -0.1) is 49.6 Å². The highest BCUT2D eigenvalue weighted by Crippen LogP contribution is 2.52. The van der Waals surface area contributed by atoms with Crippen molar-refractivity contribution >= 4 is 96.7 Å². The van der Waals surface area contributed by atoms with Gasteiger partial charge in [0, 0.05) is 6.61 Å². The molecule has 1 aliphatic rings. The molecule has 0 amide bonds. The molecular formula is C28H64Cl4N4O6S4. The van der Waals surface area contributed by atoms with Crippen LogP contribution in [0, 0.1) is 0 Å². The van der Waals surface area contributed by atoms with Gasteiger partial charge in [-0.1, -0.05) is 0 Å². The first kappa shape index (κ1) is 54.9. The standard InChI is InChI=1S/C28H60N4O6S4.4ClH/c1-2-37-25-27(35,9-21-41-17-5-13-31)28(36,10-22-42-18-6-14-32)26(34,8-20-40-16-4-12-30)24(38-25)23(33)7-19-39-15-3-11-29;;;;/h23-25,33-36H,2-22,29-32H2,1H3;4*1H/t23?,24-,25+,26+,27+,28+;;;;/m1..../s1. The molecule has 12 N–H and O–H groups in total. The van der Waals surface area contributed by atoms with Gasteiger partial charge < -0.3 is 52.8 Å². The second-order valence-corrected chi connectivity index (χ2v) is 15.6. The van der Waals surface area contributed by atoms with E-state index in [0.717, 1.165) is 48.7 Å². The second kappa shape index (κ2) is 31.9. The number of aliphatic hydroxyl groups is 4. The first-order chi connectivity index (χ1) is 20.2. The van der Waals surface area contributed by atoms with Crippen LogP contribution in [0.3, 0.4) is 0 Å². The number of thioether (sulfide) groups is 4. The second-order valence-electron chi connectivity index (χ2n) is 10.7. The molecular weight excluding hydrogens is 758 g/mol. The fourth-order valence-electron chi connectivity index (χ4n) is 5.19. The Balaban J connectivity index is -0.00000220. The molecule has 0 aromatic heterocycles. The minimum absolute atomic E-state index is 0. The van der Waals surface area contributed by atoms with Gasteiger partial charge in [-0.25, -0.2) is 0 Å². The lowest BCUT2D eigenvalue weighted by atomic mass is 9.61. The molecule has 1 heterocycles. The van der Waals surface area contributed by atoms with Gasteiger partial charge in [0.1, 0.15) is 22.9 Å². The topological polar surface area (TPSA) is 203 Å². The number of nitrogens with two attached hydrogens (primary N) is 4. The largest absolute Gasteiger partial charge is 0.390 e. The average molecular weight is 823 g/mol. The van der Waals surface area contributed by atoms with E-state index >= 15 is 0 Å². The molecule has 0 bridgehead atoms. The molecule has 284 valence electrons. The Kier molecular flexibility index (Phi) is 38.0. The lowest BCUT2D eigenvalue weighted by molar-refractivity contribution is -0.409. The summed E-state index contributed by atoms with van der Waals surface area (Å²) >= 11 is 6.58. The van der Waals surface area contributed by atoms with Crippen molar-refractivity contribution < 1.29 is 29.9 Å². The van der Waals surface area contributed by atoms with E-state index in [2.05, 4.69) is 0 Å². The SMILES string of the molecule is CCO[C@H]1O[C@H](C(O)CCSCCCN)[C@@](O)(CCSCCCN)[C@@](O)(CCSCCCN)[C@]1(O)CCSCCCN.Cl.Cl.Cl.Cl. The zero-order valence-electron chi connectivity index (χ0n) is 27.3. The zero-order chi connectivity index (χ0) is 31.3. The molecule has 1 fully saturated rings. The quantitative estimate of drug-likeness (QED) is 0.0562. The number of rotatable bonds is 27. The Labute approximate surface area is 319 Å². The maximum atomic E-state index is 12.7. The highest BCUT2D eigenvalue weighted by atomic mass is 35.5. The van der Waals surface area contributed by atoms with E-state index in [1.807, 2.05) is 0 Å². The van der Waals surface area contributed by atoms with Crippen LogP contribution >= 0.6 is 96.7 Å². The van der Waals surface area contributed by atoms with Crippen LogP contribution in [0.25, 0.3) is 0 Å². The van der Waals surface area contributed by atoms with E-state index in [4.69, 9.17) is 32.4 Å². The molecule has 0 radical (unpaired) electrons. The molecule has 0 aliphatic carbocycles. The van der Waals surface area contributed by atoms with Crippen LogP contribution in [-0.4, -0.2) is 135 Å². The molecule has 10 nitrogen and oxygen atoms in total. The number of halogens is 4. The number of hydrogen-bond acceptors (Lipinski definition) is 14. The fourth-order valence-corrected chi connectivity index (χ4v) is 9.25. The third-order valence-corrected chi connectivity index (χ3v) is 11.9. The summed E-state index contributed by atoms with van der Waals surface area (Å²) in [6.07, 6.45) is 0.714. The van der Waals surface area contributed by atoms with Crippen LogP contribution in [0.1, 0.15) is 58.3 Å². The van der Waals surface area contributed by atoms with E-state index in [0.29, 0.717) is 55.6 Å². The van der Waals surface area contributed by atoms with Gasteiger partial charge >= 0.3 is 0 Å². The highest BCUT2D eigenvalue weighted by Gasteiger charge is 2.72. The average Bonchev–Trinajstić information content (AvgIpc) is 2.97. The summed E-state index contributed by atoms with van der Waals surface area (Å²) in [5.41, 5.74) is 16.8. The monoisotopic (exact) mass is 820 g/mol. The van der Waals surface area contributed by atoms with Gasteiger partial charge in [-0.05, 0) is 130 Å².